The van der Waals surface area contributed by atoms with Crippen LogP contribution in [0.2, 0.25) is 0 Å². The molecule has 1 aliphatic heterocycles. The summed E-state index contributed by atoms with van der Waals surface area (Å²) < 4.78 is 16.0. The minimum Gasteiger partial charge on any atom is -0.467 e. The van der Waals surface area contributed by atoms with Crippen molar-refractivity contribution < 1.29 is 13.9 Å². The number of furan rings is 1. The maximum absolute atomic E-state index is 5.56. The molecule has 132 valence electrons. The molecule has 1 unspecified atom stereocenters. The van der Waals surface area contributed by atoms with E-state index in [4.69, 9.17) is 13.9 Å². The Kier molecular flexibility index (Phi) is 10.3. The summed E-state index contributed by atoms with van der Waals surface area (Å²) in [6, 6.07) is 3.79. The molecule has 1 fully saturated rings. The van der Waals surface area contributed by atoms with Gasteiger partial charge in [0.2, 0.25) is 0 Å². The molecule has 2 heterocycles. The van der Waals surface area contributed by atoms with Gasteiger partial charge in [0.25, 0.3) is 0 Å². The van der Waals surface area contributed by atoms with Crippen LogP contribution in [0.15, 0.2) is 27.8 Å². The zero-order valence-corrected chi connectivity index (χ0v) is 16.3. The number of hydrogen-bond acceptors (Lipinski definition) is 4. The molecule has 23 heavy (non-hydrogen) atoms. The van der Waals surface area contributed by atoms with Crippen molar-refractivity contribution in [1.29, 1.82) is 0 Å². The van der Waals surface area contributed by atoms with Gasteiger partial charge in [0.15, 0.2) is 5.96 Å². The topological polar surface area (TPSA) is 59.2 Å². The summed E-state index contributed by atoms with van der Waals surface area (Å²) in [5.41, 5.74) is 0. The second kappa shape index (κ2) is 11.7. The average molecular weight is 437 g/mol. The fourth-order valence-electron chi connectivity index (χ4n) is 2.67. The Morgan fingerprint density at radius 3 is 3.09 bits per heavy atom. The molecule has 7 heteroatoms. The van der Waals surface area contributed by atoms with Crippen molar-refractivity contribution in [3.63, 3.8) is 0 Å². The highest BCUT2D eigenvalue weighted by Crippen LogP contribution is 2.16. The molecule has 1 aromatic rings. The van der Waals surface area contributed by atoms with Crippen molar-refractivity contribution in [2.24, 2.45) is 10.9 Å². The standard InChI is InChI=1S/C16H27N3O3.HI/c1-17-16(19-8-6-14(11-19)12-20-2)18-7-4-9-21-13-15-5-3-10-22-15;/h3,5,10,14H,4,6-9,11-13H2,1-2H3,(H,17,18);1H. The van der Waals surface area contributed by atoms with Gasteiger partial charge in [-0.05, 0) is 25.0 Å². The first-order valence-corrected chi connectivity index (χ1v) is 7.88. The van der Waals surface area contributed by atoms with Gasteiger partial charge in [0.1, 0.15) is 12.4 Å². The second-order valence-electron chi connectivity index (χ2n) is 5.52. The lowest BCUT2D eigenvalue weighted by Gasteiger charge is -2.21. The Morgan fingerprint density at radius 1 is 1.52 bits per heavy atom. The van der Waals surface area contributed by atoms with E-state index >= 15 is 0 Å². The third kappa shape index (κ3) is 7.09. The smallest absolute Gasteiger partial charge is 0.193 e. The molecule has 1 aromatic heterocycles. The molecule has 0 bridgehead atoms. The van der Waals surface area contributed by atoms with E-state index in [9.17, 15) is 0 Å². The van der Waals surface area contributed by atoms with Gasteiger partial charge in [-0.2, -0.15) is 0 Å². The number of methoxy groups -OCH3 is 1. The lowest BCUT2D eigenvalue weighted by Crippen LogP contribution is -2.40. The van der Waals surface area contributed by atoms with Crippen molar-refractivity contribution >= 4 is 29.9 Å². The molecule has 1 N–H and O–H groups in total. The summed E-state index contributed by atoms with van der Waals surface area (Å²) in [7, 11) is 3.60. The molecule has 0 saturated carbocycles. The Labute approximate surface area is 155 Å². The molecule has 0 spiro atoms. The third-order valence-electron chi connectivity index (χ3n) is 3.77. The van der Waals surface area contributed by atoms with Crippen LogP contribution in [-0.4, -0.2) is 57.9 Å². The first kappa shape index (κ1) is 20.2. The largest absolute Gasteiger partial charge is 0.467 e. The molecule has 2 rings (SSSR count). The summed E-state index contributed by atoms with van der Waals surface area (Å²) >= 11 is 0. The summed E-state index contributed by atoms with van der Waals surface area (Å²) in [4.78, 5) is 6.66. The Bertz CT molecular complexity index is 440. The van der Waals surface area contributed by atoms with Crippen LogP contribution in [0.3, 0.4) is 0 Å². The van der Waals surface area contributed by atoms with Crippen molar-refractivity contribution in [2.75, 3.05) is 47.0 Å². The highest BCUT2D eigenvalue weighted by molar-refractivity contribution is 14.0. The predicted molar refractivity (Wildman–Crippen MR) is 101 cm³/mol. The van der Waals surface area contributed by atoms with E-state index in [1.807, 2.05) is 19.2 Å². The average Bonchev–Trinajstić information content (AvgIpc) is 3.19. The molecule has 6 nitrogen and oxygen atoms in total. The Morgan fingerprint density at radius 2 is 2.39 bits per heavy atom. The van der Waals surface area contributed by atoms with Gasteiger partial charge in [-0.15, -0.1) is 24.0 Å². The molecular weight excluding hydrogens is 409 g/mol. The van der Waals surface area contributed by atoms with Crippen LogP contribution in [0.1, 0.15) is 18.6 Å². The lowest BCUT2D eigenvalue weighted by molar-refractivity contribution is 0.104. The van der Waals surface area contributed by atoms with Gasteiger partial charge >= 0.3 is 0 Å². The number of rotatable bonds is 8. The summed E-state index contributed by atoms with van der Waals surface area (Å²) in [5, 5.41) is 3.40. The number of halogens is 1. The van der Waals surface area contributed by atoms with Gasteiger partial charge in [-0.1, -0.05) is 0 Å². The minimum absolute atomic E-state index is 0. The fourth-order valence-corrected chi connectivity index (χ4v) is 2.67. The summed E-state index contributed by atoms with van der Waals surface area (Å²) in [6.45, 7) is 4.99. The zero-order chi connectivity index (χ0) is 15.6. The van der Waals surface area contributed by atoms with Crippen LogP contribution in [0.25, 0.3) is 0 Å². The first-order valence-electron chi connectivity index (χ1n) is 7.88. The molecule has 0 radical (unpaired) electrons. The highest BCUT2D eigenvalue weighted by atomic mass is 127. The van der Waals surface area contributed by atoms with Crippen LogP contribution >= 0.6 is 24.0 Å². The second-order valence-corrected chi connectivity index (χ2v) is 5.52. The molecule has 0 aromatic carbocycles. The van der Waals surface area contributed by atoms with Gasteiger partial charge in [-0.25, -0.2) is 0 Å². The third-order valence-corrected chi connectivity index (χ3v) is 3.77. The van der Waals surface area contributed by atoms with Crippen molar-refractivity contribution in [2.45, 2.75) is 19.4 Å². The zero-order valence-electron chi connectivity index (χ0n) is 14.0. The van der Waals surface area contributed by atoms with Gasteiger partial charge < -0.3 is 24.1 Å². The van der Waals surface area contributed by atoms with Crippen molar-refractivity contribution in [1.82, 2.24) is 10.2 Å². The van der Waals surface area contributed by atoms with Crippen LogP contribution in [0.4, 0.5) is 0 Å². The highest BCUT2D eigenvalue weighted by Gasteiger charge is 2.24. The molecule has 1 atom stereocenters. The number of aliphatic imine (C=N–C) groups is 1. The molecule has 0 amide bonds. The molecular formula is C16H28IN3O3. The minimum atomic E-state index is 0. The quantitative estimate of drug-likeness (QED) is 0.293. The van der Waals surface area contributed by atoms with Crippen LogP contribution < -0.4 is 5.32 Å². The molecule has 0 aliphatic carbocycles. The van der Waals surface area contributed by atoms with E-state index in [-0.39, 0.29) is 24.0 Å². The summed E-state index contributed by atoms with van der Waals surface area (Å²) in [5.74, 6) is 2.45. The number of guanidine groups is 1. The molecule has 1 aliphatic rings. The number of ether oxygens (including phenoxy) is 2. The van der Waals surface area contributed by atoms with Crippen LogP contribution in [0.5, 0.6) is 0 Å². The number of nitrogens with zero attached hydrogens (tertiary/aromatic N) is 2. The van der Waals surface area contributed by atoms with E-state index < -0.39 is 0 Å². The molecule has 1 saturated heterocycles. The van der Waals surface area contributed by atoms with E-state index in [1.165, 1.54) is 6.42 Å². The van der Waals surface area contributed by atoms with E-state index in [1.54, 1.807) is 13.4 Å². The number of hydrogen-bond donors (Lipinski definition) is 1. The Balaban J connectivity index is 0.00000264. The van der Waals surface area contributed by atoms with E-state index in [2.05, 4.69) is 15.2 Å². The predicted octanol–water partition coefficient (Wildman–Crippen LogP) is 2.35. The van der Waals surface area contributed by atoms with Crippen LogP contribution in [-0.2, 0) is 16.1 Å². The van der Waals surface area contributed by atoms with Gasteiger partial charge in [0, 0.05) is 46.3 Å². The van der Waals surface area contributed by atoms with E-state index in [0.717, 1.165) is 44.4 Å². The maximum Gasteiger partial charge on any atom is 0.193 e. The number of nitrogens with one attached hydrogen (secondary N) is 1. The fraction of sp³-hybridized carbons (Fsp3) is 0.688. The Hall–Kier alpha value is -0.800. The van der Waals surface area contributed by atoms with Crippen molar-refractivity contribution in [3.05, 3.63) is 24.2 Å². The van der Waals surface area contributed by atoms with Gasteiger partial charge in [0.05, 0.1) is 12.9 Å². The van der Waals surface area contributed by atoms with Crippen molar-refractivity contribution in [3.8, 4) is 0 Å². The first-order chi connectivity index (χ1) is 10.8. The lowest BCUT2D eigenvalue weighted by atomic mass is 10.1. The summed E-state index contributed by atoms with van der Waals surface area (Å²) in [6.07, 6.45) is 3.77. The maximum atomic E-state index is 5.56. The normalized spacial score (nSPS) is 18.1. The van der Waals surface area contributed by atoms with Crippen LogP contribution in [0, 0.1) is 5.92 Å². The SMILES string of the molecule is CN=C(NCCCOCc1ccco1)N1CCC(COC)C1.I. The van der Waals surface area contributed by atoms with E-state index in [0.29, 0.717) is 19.1 Å². The van der Waals surface area contributed by atoms with Gasteiger partial charge in [-0.3, -0.25) is 4.99 Å². The number of likely N-dealkylation sites (tertiary alicyclic amines) is 1. The monoisotopic (exact) mass is 437 g/mol.